The molecule has 1 heterocycles. The Morgan fingerprint density at radius 1 is 1.53 bits per heavy atom. The van der Waals surface area contributed by atoms with E-state index in [4.69, 9.17) is 9.84 Å². The first-order chi connectivity index (χ1) is 7.08. The molecule has 1 fully saturated rings. The summed E-state index contributed by atoms with van der Waals surface area (Å²) in [4.78, 5) is 10.4. The van der Waals surface area contributed by atoms with Crippen molar-refractivity contribution in [3.05, 3.63) is 0 Å². The molecular weight excluding hydrogens is 194 g/mol. The zero-order valence-electron chi connectivity index (χ0n) is 9.53. The van der Waals surface area contributed by atoms with E-state index in [1.165, 1.54) is 0 Å². The van der Waals surface area contributed by atoms with Crippen LogP contribution < -0.4 is 5.32 Å². The summed E-state index contributed by atoms with van der Waals surface area (Å²) < 4.78 is 5.72. The Kier molecular flexibility index (Phi) is 5.05. The van der Waals surface area contributed by atoms with Crippen LogP contribution in [0.4, 0.5) is 0 Å². The van der Waals surface area contributed by atoms with E-state index in [2.05, 4.69) is 5.32 Å². The predicted molar refractivity (Wildman–Crippen MR) is 57.9 cm³/mol. The fourth-order valence-corrected chi connectivity index (χ4v) is 2.02. The number of nitrogens with one attached hydrogen (secondary N) is 1. The number of piperidine rings is 1. The minimum absolute atomic E-state index is 0.245. The number of hydrogen-bond donors (Lipinski definition) is 2. The quantitative estimate of drug-likeness (QED) is 0.724. The molecule has 0 amide bonds. The molecule has 0 aromatic heterocycles. The molecule has 0 aromatic rings. The number of hydrogen-bond acceptors (Lipinski definition) is 3. The van der Waals surface area contributed by atoms with Gasteiger partial charge in [-0.2, -0.15) is 0 Å². The molecule has 0 spiro atoms. The predicted octanol–water partition coefficient (Wildman–Crippen LogP) is 1.25. The Bertz CT molecular complexity index is 206. The monoisotopic (exact) mass is 215 g/mol. The maximum absolute atomic E-state index is 10.4. The van der Waals surface area contributed by atoms with E-state index in [1.54, 1.807) is 0 Å². The molecule has 4 heteroatoms. The first kappa shape index (κ1) is 12.5. The Morgan fingerprint density at radius 2 is 2.27 bits per heavy atom. The van der Waals surface area contributed by atoms with E-state index in [1.807, 2.05) is 13.8 Å². The summed E-state index contributed by atoms with van der Waals surface area (Å²) in [6.07, 6.45) is 2.49. The Balaban J connectivity index is 2.25. The lowest BCUT2D eigenvalue weighted by Gasteiger charge is -2.31. The van der Waals surface area contributed by atoms with Crippen LogP contribution in [-0.2, 0) is 9.53 Å². The van der Waals surface area contributed by atoms with Crippen molar-refractivity contribution < 1.29 is 14.6 Å². The lowest BCUT2D eigenvalue weighted by Crippen LogP contribution is -2.41. The largest absolute Gasteiger partial charge is 0.481 e. The zero-order chi connectivity index (χ0) is 11.3. The number of ether oxygens (including phenoxy) is 1. The maximum Gasteiger partial charge on any atom is 0.303 e. The second-order valence-corrected chi connectivity index (χ2v) is 4.50. The number of carbonyl (C=O) groups is 1. The molecule has 2 N–H and O–H groups in total. The Labute approximate surface area is 91.0 Å². The van der Waals surface area contributed by atoms with Gasteiger partial charge < -0.3 is 15.2 Å². The van der Waals surface area contributed by atoms with Crippen molar-refractivity contribution in [2.24, 2.45) is 5.92 Å². The second-order valence-electron chi connectivity index (χ2n) is 4.50. The van der Waals surface area contributed by atoms with Gasteiger partial charge in [-0.15, -0.1) is 0 Å². The summed E-state index contributed by atoms with van der Waals surface area (Å²) >= 11 is 0. The Hall–Kier alpha value is -0.610. The van der Waals surface area contributed by atoms with Crippen LogP contribution >= 0.6 is 0 Å². The molecule has 0 aliphatic carbocycles. The standard InChI is InChI=1S/C11H21NO3/c1-8(2)15-10-5-9(6-12-7-10)3-4-11(13)14/h8-10,12H,3-7H2,1-2H3,(H,13,14)/t9-,10+/m0/s1. The summed E-state index contributed by atoms with van der Waals surface area (Å²) in [6.45, 7) is 5.87. The number of rotatable bonds is 5. The lowest BCUT2D eigenvalue weighted by molar-refractivity contribution is -0.137. The van der Waals surface area contributed by atoms with Gasteiger partial charge in [0, 0.05) is 13.0 Å². The first-order valence-electron chi connectivity index (χ1n) is 5.66. The molecule has 2 atom stereocenters. The molecule has 0 unspecified atom stereocenters. The number of carboxylic acid groups (broad SMARTS) is 1. The average Bonchev–Trinajstić information content (AvgIpc) is 2.14. The van der Waals surface area contributed by atoms with Crippen LogP contribution in [0.15, 0.2) is 0 Å². The van der Waals surface area contributed by atoms with E-state index in [9.17, 15) is 4.79 Å². The molecule has 0 radical (unpaired) electrons. The fraction of sp³-hybridized carbons (Fsp3) is 0.909. The van der Waals surface area contributed by atoms with E-state index in [-0.39, 0.29) is 18.6 Å². The number of carboxylic acids is 1. The summed E-state index contributed by atoms with van der Waals surface area (Å²) in [7, 11) is 0. The highest BCUT2D eigenvalue weighted by Gasteiger charge is 2.23. The highest BCUT2D eigenvalue weighted by atomic mass is 16.5. The third kappa shape index (κ3) is 5.14. The summed E-state index contributed by atoms with van der Waals surface area (Å²) in [6, 6.07) is 0. The smallest absolute Gasteiger partial charge is 0.303 e. The van der Waals surface area contributed by atoms with Gasteiger partial charge in [0.25, 0.3) is 0 Å². The zero-order valence-corrected chi connectivity index (χ0v) is 9.53. The first-order valence-corrected chi connectivity index (χ1v) is 5.66. The van der Waals surface area contributed by atoms with Crippen LogP contribution in [-0.4, -0.2) is 36.4 Å². The minimum atomic E-state index is -0.707. The normalized spacial score (nSPS) is 26.9. The summed E-state index contributed by atoms with van der Waals surface area (Å²) in [5, 5.41) is 11.9. The molecule has 1 aliphatic heterocycles. The van der Waals surface area contributed by atoms with Crippen LogP contribution in [0.5, 0.6) is 0 Å². The third-order valence-corrected chi connectivity index (χ3v) is 2.63. The van der Waals surface area contributed by atoms with Crippen LogP contribution in [0, 0.1) is 5.92 Å². The van der Waals surface area contributed by atoms with E-state index >= 15 is 0 Å². The van der Waals surface area contributed by atoms with Crippen molar-refractivity contribution in [3.8, 4) is 0 Å². The minimum Gasteiger partial charge on any atom is -0.481 e. The van der Waals surface area contributed by atoms with Crippen molar-refractivity contribution in [1.29, 1.82) is 0 Å². The molecule has 1 saturated heterocycles. The lowest BCUT2D eigenvalue weighted by atomic mass is 9.93. The van der Waals surface area contributed by atoms with Gasteiger partial charge in [0.1, 0.15) is 0 Å². The van der Waals surface area contributed by atoms with Gasteiger partial charge in [0.05, 0.1) is 12.2 Å². The van der Waals surface area contributed by atoms with Crippen LogP contribution in [0.25, 0.3) is 0 Å². The highest BCUT2D eigenvalue weighted by Crippen LogP contribution is 2.19. The van der Waals surface area contributed by atoms with Crippen LogP contribution in [0.1, 0.15) is 33.1 Å². The van der Waals surface area contributed by atoms with E-state index in [0.717, 1.165) is 25.9 Å². The van der Waals surface area contributed by atoms with Gasteiger partial charge >= 0.3 is 5.97 Å². The fourth-order valence-electron chi connectivity index (χ4n) is 2.02. The third-order valence-electron chi connectivity index (χ3n) is 2.63. The van der Waals surface area contributed by atoms with Crippen LogP contribution in [0.2, 0.25) is 0 Å². The SMILES string of the molecule is CC(C)O[C@H]1CNC[C@@H](CCC(=O)O)C1. The molecule has 15 heavy (non-hydrogen) atoms. The summed E-state index contributed by atoms with van der Waals surface area (Å²) in [5.74, 6) is -0.263. The maximum atomic E-state index is 10.4. The molecule has 0 bridgehead atoms. The van der Waals surface area contributed by atoms with Crippen molar-refractivity contribution in [2.45, 2.75) is 45.3 Å². The molecule has 4 nitrogen and oxygen atoms in total. The van der Waals surface area contributed by atoms with Gasteiger partial charge in [-0.05, 0) is 39.2 Å². The topological polar surface area (TPSA) is 58.6 Å². The summed E-state index contributed by atoms with van der Waals surface area (Å²) in [5.41, 5.74) is 0. The molecule has 0 saturated carbocycles. The van der Waals surface area contributed by atoms with Crippen molar-refractivity contribution in [1.82, 2.24) is 5.32 Å². The van der Waals surface area contributed by atoms with Gasteiger partial charge in [-0.25, -0.2) is 0 Å². The molecular formula is C11H21NO3. The Morgan fingerprint density at radius 3 is 2.87 bits per heavy atom. The van der Waals surface area contributed by atoms with E-state index in [0.29, 0.717) is 5.92 Å². The molecule has 1 aliphatic rings. The van der Waals surface area contributed by atoms with Gasteiger partial charge in [0.2, 0.25) is 0 Å². The molecule has 1 rings (SSSR count). The molecule has 0 aromatic carbocycles. The van der Waals surface area contributed by atoms with Crippen molar-refractivity contribution >= 4 is 5.97 Å². The number of aliphatic carboxylic acids is 1. The van der Waals surface area contributed by atoms with Crippen LogP contribution in [0.3, 0.4) is 0 Å². The van der Waals surface area contributed by atoms with Crippen molar-refractivity contribution in [3.63, 3.8) is 0 Å². The molecule has 88 valence electrons. The average molecular weight is 215 g/mol. The van der Waals surface area contributed by atoms with Gasteiger partial charge in [-0.3, -0.25) is 4.79 Å². The second kappa shape index (κ2) is 6.08. The van der Waals surface area contributed by atoms with Gasteiger partial charge in [-0.1, -0.05) is 0 Å². The van der Waals surface area contributed by atoms with Gasteiger partial charge in [0.15, 0.2) is 0 Å². The highest BCUT2D eigenvalue weighted by molar-refractivity contribution is 5.66. The van der Waals surface area contributed by atoms with Crippen molar-refractivity contribution in [2.75, 3.05) is 13.1 Å². The van der Waals surface area contributed by atoms with E-state index < -0.39 is 5.97 Å².